The average molecular weight is 438 g/mol. The van der Waals surface area contributed by atoms with E-state index in [1.54, 1.807) is 0 Å². The van der Waals surface area contributed by atoms with Crippen molar-refractivity contribution in [2.45, 2.75) is 20.8 Å². The molecule has 2 N–H and O–H groups in total. The zero-order valence-corrected chi connectivity index (χ0v) is 15.8. The summed E-state index contributed by atoms with van der Waals surface area (Å²) in [6, 6.07) is 0. The predicted octanol–water partition coefficient (Wildman–Crippen LogP) is -1.98. The third kappa shape index (κ3) is 60.6. The quantitative estimate of drug-likeness (QED) is 0.373. The van der Waals surface area contributed by atoms with E-state index in [4.69, 9.17) is 9.79 Å². The molecule has 0 rings (SSSR count). The molecule has 0 spiro atoms. The van der Waals surface area contributed by atoms with Crippen LogP contribution >= 0.6 is 22.8 Å². The van der Waals surface area contributed by atoms with Gasteiger partial charge in [0, 0.05) is 6.16 Å². The summed E-state index contributed by atoms with van der Waals surface area (Å²) in [5.74, 6) is 0. The Morgan fingerprint density at radius 2 is 0.800 bits per heavy atom. The van der Waals surface area contributed by atoms with Crippen LogP contribution in [-0.2, 0) is 47.8 Å². The van der Waals surface area contributed by atoms with Gasteiger partial charge in [-0.15, -0.1) is 0 Å². The summed E-state index contributed by atoms with van der Waals surface area (Å²) >= 11 is 0. The fraction of sp³-hybridized carbons (Fsp3) is 1.00. The second kappa shape index (κ2) is 15.4. The molecule has 9 nitrogen and oxygen atoms in total. The van der Waals surface area contributed by atoms with Gasteiger partial charge >= 0.3 is 41.7 Å². The summed E-state index contributed by atoms with van der Waals surface area (Å²) in [5, 5.41) is 0. The van der Waals surface area contributed by atoms with Crippen LogP contribution in [0.1, 0.15) is 20.8 Å². The van der Waals surface area contributed by atoms with Crippen LogP contribution in [0.4, 0.5) is 0 Å². The molecule has 0 aliphatic rings. The first-order valence-corrected chi connectivity index (χ1v) is 10.0. The maximum absolute atomic E-state index is 9.69. The van der Waals surface area contributed by atoms with E-state index in [9.17, 15) is 33.3 Å². The van der Waals surface area contributed by atoms with Crippen molar-refractivity contribution >= 4 is 22.8 Å². The van der Waals surface area contributed by atoms with E-state index in [1.807, 2.05) is 0 Å². The van der Waals surface area contributed by atoms with Crippen molar-refractivity contribution in [1.29, 1.82) is 0 Å². The van der Waals surface area contributed by atoms with Crippen LogP contribution in [0.2, 0.25) is 0 Å². The van der Waals surface area contributed by atoms with Crippen molar-refractivity contribution < 1.29 is 77.2 Å². The fourth-order valence-electron chi connectivity index (χ4n) is 0. The molecule has 0 atom stereocenters. The van der Waals surface area contributed by atoms with Gasteiger partial charge in [0.1, 0.15) is 0 Å². The average Bonchev–Trinajstić information content (AvgIpc) is 2.16. The van der Waals surface area contributed by atoms with Gasteiger partial charge in [-0.2, -0.15) is 0 Å². The smallest absolute Gasteiger partial charge is 0.811 e. The van der Waals surface area contributed by atoms with E-state index in [2.05, 4.69) is 0 Å². The molecule has 0 aromatic heterocycles. The van der Waals surface area contributed by atoms with Gasteiger partial charge in [0.05, 0.1) is 0 Å². The van der Waals surface area contributed by atoms with Gasteiger partial charge in [-0.25, -0.2) is 0 Å². The first kappa shape index (κ1) is 33.2. The largest absolute Gasteiger partial charge is 2.00 e. The second-order valence-corrected chi connectivity index (χ2v) is 8.51. The predicted molar refractivity (Wildman–Crippen MR) is 58.9 cm³/mol. The van der Waals surface area contributed by atoms with E-state index in [1.165, 1.54) is 20.8 Å². The molecule has 0 saturated heterocycles. The van der Waals surface area contributed by atoms with Crippen molar-refractivity contribution in [2.24, 2.45) is 0 Å². The molecule has 0 radical (unpaired) electrons. The Morgan fingerprint density at radius 1 is 0.700 bits per heavy atom. The molecule has 0 fully saturated rings. The minimum atomic E-state index is -4.15. The van der Waals surface area contributed by atoms with E-state index in [0.717, 1.165) is 0 Å². The fourth-order valence-corrected chi connectivity index (χ4v) is 0. The maximum Gasteiger partial charge on any atom is 2.00 e. The van der Waals surface area contributed by atoms with Gasteiger partial charge < -0.3 is 38.5 Å². The Hall–Kier alpha value is 1.49. The molecule has 0 aromatic rings. The van der Waals surface area contributed by atoms with E-state index in [0.29, 0.717) is 0 Å². The Labute approximate surface area is 139 Å². The molecule has 14 heteroatoms. The van der Waals surface area contributed by atoms with Crippen molar-refractivity contribution in [2.75, 3.05) is 18.5 Å². The maximum atomic E-state index is 9.69. The molecule has 0 unspecified atom stereocenters. The van der Waals surface area contributed by atoms with E-state index in [-0.39, 0.29) is 52.6 Å². The van der Waals surface area contributed by atoms with Gasteiger partial charge in [-0.05, 0) is 12.3 Å². The first-order valence-electron chi connectivity index (χ1n) is 4.75. The van der Waals surface area contributed by atoms with Crippen molar-refractivity contribution in [3.63, 3.8) is 0 Å². The molecular weight excluding hydrogens is 421 g/mol. The standard InChI is InChI=1S/3C2H7O3P.2Fe/c3*1-2-6(3,4)5;;/h3*2H2,1H3,(H2,3,4,5);;/q;;;2*+2/p-4. The normalized spacial score (nSPS) is 10.7. The molecule has 0 heterocycles. The van der Waals surface area contributed by atoms with Crippen LogP contribution in [0, 0.1) is 0 Å². The van der Waals surface area contributed by atoms with Crippen LogP contribution in [0.25, 0.3) is 0 Å². The third-order valence-electron chi connectivity index (χ3n) is 1.19. The van der Waals surface area contributed by atoms with Crippen molar-refractivity contribution in [1.82, 2.24) is 0 Å². The van der Waals surface area contributed by atoms with Gasteiger partial charge in [-0.1, -0.05) is 36.0 Å². The zero-order valence-electron chi connectivity index (χ0n) is 10.9. The third-order valence-corrected chi connectivity index (χ3v) is 3.56. The summed E-state index contributed by atoms with van der Waals surface area (Å²) in [7, 11) is -11.9. The molecule has 0 amide bonds. The monoisotopic (exact) mass is 438 g/mol. The number of rotatable bonds is 3. The SMILES string of the molecule is CCP(=O)(O)O.CCP(=O)([O-])[O-].CCP(=O)([O-])[O-].[Fe+2].[Fe+2]. The van der Waals surface area contributed by atoms with Gasteiger partial charge in [-0.3, -0.25) is 4.57 Å². The summed E-state index contributed by atoms with van der Waals surface area (Å²) in [6.07, 6.45) is -0.632. The molecular formula is C6H17Fe2O9P3. The van der Waals surface area contributed by atoms with Gasteiger partial charge in [0.15, 0.2) is 0 Å². The summed E-state index contributed by atoms with van der Waals surface area (Å²) in [4.78, 5) is 53.8. The number of hydrogen-bond donors (Lipinski definition) is 2. The van der Waals surface area contributed by atoms with Gasteiger partial charge in [0.2, 0.25) is 0 Å². The Morgan fingerprint density at radius 3 is 0.800 bits per heavy atom. The molecule has 0 bridgehead atoms. The van der Waals surface area contributed by atoms with Crippen molar-refractivity contribution in [3.05, 3.63) is 0 Å². The molecule has 0 aromatic carbocycles. The van der Waals surface area contributed by atoms with Crippen LogP contribution in [0.5, 0.6) is 0 Å². The Bertz CT molecular complexity index is 280. The van der Waals surface area contributed by atoms with E-state index >= 15 is 0 Å². The summed E-state index contributed by atoms with van der Waals surface area (Å²) in [6.45, 7) is 4.09. The second-order valence-electron chi connectivity index (χ2n) is 2.84. The first-order chi connectivity index (χ1) is 7.68. The van der Waals surface area contributed by atoms with Crippen LogP contribution in [0.3, 0.4) is 0 Å². The van der Waals surface area contributed by atoms with Crippen LogP contribution in [-0.4, -0.2) is 28.3 Å². The summed E-state index contributed by atoms with van der Waals surface area (Å²) < 4.78 is 28.6. The molecule has 0 aliphatic carbocycles. The summed E-state index contributed by atoms with van der Waals surface area (Å²) in [5.41, 5.74) is 0. The Balaban J connectivity index is -0.0000000536. The molecule has 0 saturated carbocycles. The van der Waals surface area contributed by atoms with Crippen LogP contribution < -0.4 is 19.6 Å². The van der Waals surface area contributed by atoms with Gasteiger partial charge in [0.25, 0.3) is 0 Å². The zero-order chi connectivity index (χ0) is 15.6. The van der Waals surface area contributed by atoms with Crippen molar-refractivity contribution in [3.8, 4) is 0 Å². The minimum Gasteiger partial charge on any atom is -0.811 e. The molecule has 0 aliphatic heterocycles. The molecule has 20 heavy (non-hydrogen) atoms. The Kier molecular flexibility index (Phi) is 25.5. The van der Waals surface area contributed by atoms with E-state index < -0.39 is 22.8 Å². The molecule has 126 valence electrons. The minimum absolute atomic E-state index is 0. The topological polar surface area (TPSA) is 184 Å². The van der Waals surface area contributed by atoms with Crippen LogP contribution in [0.15, 0.2) is 0 Å². The number of hydrogen-bond acceptors (Lipinski definition) is 7.